The second-order valence-electron chi connectivity index (χ2n) is 4.76. The molecule has 0 saturated carbocycles. The third kappa shape index (κ3) is 3.20. The molecule has 104 valence electrons. The van der Waals surface area contributed by atoms with Gasteiger partial charge in [0.1, 0.15) is 11.3 Å². The molecule has 20 heavy (non-hydrogen) atoms. The average Bonchev–Trinajstić information content (AvgIpc) is 2.95. The number of aromatic nitrogens is 1. The predicted molar refractivity (Wildman–Crippen MR) is 85.4 cm³/mol. The Hall–Kier alpha value is -1.81. The molecule has 0 amide bonds. The Balaban J connectivity index is 2.55. The fraction of sp³-hybridized carbons (Fsp3) is 0.312. The summed E-state index contributed by atoms with van der Waals surface area (Å²) in [7, 11) is 0. The van der Waals surface area contributed by atoms with E-state index in [1.807, 2.05) is 31.4 Å². The molecule has 2 aromatic rings. The lowest BCUT2D eigenvalue weighted by Gasteiger charge is -2.09. The van der Waals surface area contributed by atoms with Crippen molar-refractivity contribution in [3.05, 3.63) is 34.8 Å². The molecule has 0 aliphatic carbocycles. The van der Waals surface area contributed by atoms with Crippen molar-refractivity contribution in [3.8, 4) is 10.6 Å². The van der Waals surface area contributed by atoms with Gasteiger partial charge in [0.25, 0.3) is 0 Å². The summed E-state index contributed by atoms with van der Waals surface area (Å²) in [4.78, 5) is 20.1. The van der Waals surface area contributed by atoms with Crippen molar-refractivity contribution >= 4 is 29.0 Å². The van der Waals surface area contributed by atoms with Gasteiger partial charge in [-0.3, -0.25) is 9.79 Å². The monoisotopic (exact) mass is 286 g/mol. The summed E-state index contributed by atoms with van der Waals surface area (Å²) in [5.41, 5.74) is 4.66. The van der Waals surface area contributed by atoms with Crippen molar-refractivity contribution in [1.29, 1.82) is 0 Å². The second kappa shape index (κ2) is 6.57. The van der Waals surface area contributed by atoms with E-state index < -0.39 is 0 Å². The number of hydrogen-bond acceptors (Lipinski definition) is 4. The number of rotatable bonds is 5. The predicted octanol–water partition coefficient (Wildman–Crippen LogP) is 4.82. The Morgan fingerprint density at radius 2 is 2.25 bits per heavy atom. The highest BCUT2D eigenvalue weighted by Crippen LogP contribution is 2.33. The molecule has 3 nitrogen and oxygen atoms in total. The summed E-state index contributed by atoms with van der Waals surface area (Å²) in [6.45, 7) is 6.19. The van der Waals surface area contributed by atoms with Gasteiger partial charge in [-0.1, -0.05) is 13.3 Å². The summed E-state index contributed by atoms with van der Waals surface area (Å²) < 4.78 is 0. The molecule has 0 bridgehead atoms. The number of hydrogen-bond donors (Lipinski definition) is 0. The SMILES string of the molecule is CCCC(C)=Nc1cc(C=O)cc(-c2nccs2)c1C. The maximum absolute atomic E-state index is 11.1. The van der Waals surface area contributed by atoms with E-state index in [2.05, 4.69) is 16.9 Å². The number of nitrogens with zero attached hydrogens (tertiary/aromatic N) is 2. The molecule has 0 saturated heterocycles. The van der Waals surface area contributed by atoms with Crippen LogP contribution in [0.2, 0.25) is 0 Å². The molecule has 0 aliphatic rings. The van der Waals surface area contributed by atoms with E-state index in [9.17, 15) is 4.79 Å². The van der Waals surface area contributed by atoms with Crippen molar-refractivity contribution in [2.24, 2.45) is 4.99 Å². The van der Waals surface area contributed by atoms with Crippen LogP contribution in [0, 0.1) is 6.92 Å². The number of carbonyl (C=O) groups excluding carboxylic acids is 1. The minimum atomic E-state index is 0.642. The van der Waals surface area contributed by atoms with E-state index >= 15 is 0 Å². The van der Waals surface area contributed by atoms with Crippen molar-refractivity contribution < 1.29 is 4.79 Å². The minimum Gasteiger partial charge on any atom is -0.298 e. The van der Waals surface area contributed by atoms with Crippen LogP contribution in [0.4, 0.5) is 5.69 Å². The second-order valence-corrected chi connectivity index (χ2v) is 5.66. The fourth-order valence-electron chi connectivity index (χ4n) is 2.11. The van der Waals surface area contributed by atoms with Crippen molar-refractivity contribution in [3.63, 3.8) is 0 Å². The van der Waals surface area contributed by atoms with Gasteiger partial charge >= 0.3 is 0 Å². The summed E-state index contributed by atoms with van der Waals surface area (Å²) in [5, 5.41) is 2.86. The zero-order valence-corrected chi connectivity index (χ0v) is 12.8. The molecule has 0 fully saturated rings. The number of thiazole rings is 1. The quantitative estimate of drug-likeness (QED) is 0.584. The molecule has 2 rings (SSSR count). The smallest absolute Gasteiger partial charge is 0.150 e. The first kappa shape index (κ1) is 14.6. The number of aldehydes is 1. The van der Waals surface area contributed by atoms with Gasteiger partial charge in [0.2, 0.25) is 0 Å². The molecule has 0 atom stereocenters. The fourth-order valence-corrected chi connectivity index (χ4v) is 2.82. The molecule has 0 aliphatic heterocycles. The molecule has 1 aromatic heterocycles. The zero-order chi connectivity index (χ0) is 14.5. The van der Waals surface area contributed by atoms with Crippen LogP contribution in [0.5, 0.6) is 0 Å². The molecular weight excluding hydrogens is 268 g/mol. The van der Waals surface area contributed by atoms with Gasteiger partial charge in [-0.05, 0) is 38.0 Å². The van der Waals surface area contributed by atoms with Crippen molar-refractivity contribution in [2.45, 2.75) is 33.6 Å². The molecule has 1 aromatic carbocycles. The highest BCUT2D eigenvalue weighted by Gasteiger charge is 2.11. The molecule has 0 radical (unpaired) electrons. The normalized spacial score (nSPS) is 11.7. The summed E-state index contributed by atoms with van der Waals surface area (Å²) in [6.07, 6.45) is 4.68. The van der Waals surface area contributed by atoms with Crippen LogP contribution in [-0.2, 0) is 0 Å². The largest absolute Gasteiger partial charge is 0.298 e. The third-order valence-corrected chi connectivity index (χ3v) is 3.93. The van der Waals surface area contributed by atoms with Crippen LogP contribution in [0.15, 0.2) is 28.7 Å². The first-order chi connectivity index (χ1) is 9.65. The minimum absolute atomic E-state index is 0.642. The molecular formula is C16H18N2OS. The topological polar surface area (TPSA) is 42.3 Å². The average molecular weight is 286 g/mol. The summed E-state index contributed by atoms with van der Waals surface area (Å²) >= 11 is 1.57. The standard InChI is InChI=1S/C16H18N2OS/c1-4-5-11(2)18-15-9-13(10-19)8-14(12(15)3)16-17-6-7-20-16/h6-10H,4-5H2,1-3H3. The van der Waals surface area contributed by atoms with E-state index in [1.54, 1.807) is 17.5 Å². The van der Waals surface area contributed by atoms with Crippen LogP contribution in [-0.4, -0.2) is 17.0 Å². The maximum atomic E-state index is 11.1. The number of benzene rings is 1. The summed E-state index contributed by atoms with van der Waals surface area (Å²) in [5.74, 6) is 0. The van der Waals surface area contributed by atoms with Gasteiger partial charge < -0.3 is 0 Å². The van der Waals surface area contributed by atoms with Gasteiger partial charge in [0.05, 0.1) is 5.69 Å². The van der Waals surface area contributed by atoms with Gasteiger partial charge in [0.15, 0.2) is 0 Å². The Kier molecular flexibility index (Phi) is 4.79. The first-order valence-electron chi connectivity index (χ1n) is 6.69. The van der Waals surface area contributed by atoms with Crippen molar-refractivity contribution in [1.82, 2.24) is 4.98 Å². The zero-order valence-electron chi connectivity index (χ0n) is 12.0. The molecule has 0 unspecified atom stereocenters. The van der Waals surface area contributed by atoms with E-state index in [-0.39, 0.29) is 0 Å². The van der Waals surface area contributed by atoms with Crippen LogP contribution >= 0.6 is 11.3 Å². The van der Waals surface area contributed by atoms with Crippen molar-refractivity contribution in [2.75, 3.05) is 0 Å². The molecule has 4 heteroatoms. The Bertz CT molecular complexity index is 630. The van der Waals surface area contributed by atoms with Gasteiger partial charge in [-0.15, -0.1) is 11.3 Å². The Morgan fingerprint density at radius 1 is 1.45 bits per heavy atom. The van der Waals surface area contributed by atoms with Gasteiger partial charge in [0, 0.05) is 28.4 Å². The lowest BCUT2D eigenvalue weighted by atomic mass is 10.0. The first-order valence-corrected chi connectivity index (χ1v) is 7.57. The van der Waals surface area contributed by atoms with Gasteiger partial charge in [-0.2, -0.15) is 0 Å². The maximum Gasteiger partial charge on any atom is 0.150 e. The molecule has 0 spiro atoms. The summed E-state index contributed by atoms with van der Waals surface area (Å²) in [6, 6.07) is 3.73. The lowest BCUT2D eigenvalue weighted by Crippen LogP contribution is -1.92. The molecule has 1 heterocycles. The van der Waals surface area contributed by atoms with Crippen LogP contribution in [0.3, 0.4) is 0 Å². The third-order valence-electron chi connectivity index (χ3n) is 3.12. The van der Waals surface area contributed by atoms with Crippen LogP contribution in [0.1, 0.15) is 42.6 Å². The van der Waals surface area contributed by atoms with E-state index in [1.165, 1.54) is 0 Å². The number of carbonyl (C=O) groups is 1. The van der Waals surface area contributed by atoms with E-state index in [0.29, 0.717) is 5.56 Å². The highest BCUT2D eigenvalue weighted by atomic mass is 32.1. The highest BCUT2D eigenvalue weighted by molar-refractivity contribution is 7.13. The van der Waals surface area contributed by atoms with Gasteiger partial charge in [-0.25, -0.2) is 4.98 Å². The van der Waals surface area contributed by atoms with Crippen LogP contribution in [0.25, 0.3) is 10.6 Å². The van der Waals surface area contributed by atoms with Crippen LogP contribution < -0.4 is 0 Å². The lowest BCUT2D eigenvalue weighted by molar-refractivity contribution is 0.112. The number of aliphatic imine (C=N–C) groups is 1. The van der Waals surface area contributed by atoms with E-state index in [4.69, 9.17) is 0 Å². The van der Waals surface area contributed by atoms with E-state index in [0.717, 1.165) is 46.7 Å². The Labute approximate surface area is 123 Å². The Morgan fingerprint density at radius 3 is 2.85 bits per heavy atom. The molecule has 0 N–H and O–H groups in total.